The molecule has 9 nitrogen and oxygen atoms in total. The zero-order chi connectivity index (χ0) is 19.9. The van der Waals surface area contributed by atoms with E-state index < -0.39 is 0 Å². The number of hydrogen-bond donors (Lipinski definition) is 1. The molecule has 0 radical (unpaired) electrons. The lowest BCUT2D eigenvalue weighted by atomic mass is 10.2. The smallest absolute Gasteiger partial charge is 0.216 e. The summed E-state index contributed by atoms with van der Waals surface area (Å²) in [5, 5.41) is 3.57. The summed E-state index contributed by atoms with van der Waals surface area (Å²) in [7, 11) is 0. The number of nitrogens with zero attached hydrogens (tertiary/aromatic N) is 6. The van der Waals surface area contributed by atoms with Crippen molar-refractivity contribution in [3.8, 4) is 0 Å². The van der Waals surface area contributed by atoms with Crippen LogP contribution in [-0.2, 0) is 4.74 Å². The molecule has 9 heteroatoms. The molecule has 3 aliphatic rings. The quantitative estimate of drug-likeness (QED) is 0.703. The van der Waals surface area contributed by atoms with Crippen molar-refractivity contribution in [3.63, 3.8) is 0 Å². The Balaban J connectivity index is 1.31. The Labute approximate surface area is 174 Å². The van der Waals surface area contributed by atoms with Crippen molar-refractivity contribution in [1.82, 2.24) is 24.7 Å². The molecule has 0 bridgehead atoms. The zero-order valence-electron chi connectivity index (χ0n) is 16.8. The molecule has 3 aliphatic heterocycles. The van der Waals surface area contributed by atoms with Crippen LogP contribution in [0.15, 0.2) is 52.1 Å². The number of fused-ring (bicyclic) bond motifs is 5. The van der Waals surface area contributed by atoms with E-state index in [-0.39, 0.29) is 6.17 Å². The van der Waals surface area contributed by atoms with Gasteiger partial charge >= 0.3 is 0 Å². The summed E-state index contributed by atoms with van der Waals surface area (Å²) in [5.74, 6) is 2.59. The normalized spacial score (nSPS) is 22.5. The van der Waals surface area contributed by atoms with Gasteiger partial charge in [-0.15, -0.1) is 0 Å². The van der Waals surface area contributed by atoms with Gasteiger partial charge in [-0.1, -0.05) is 12.1 Å². The van der Waals surface area contributed by atoms with Crippen molar-refractivity contribution in [1.29, 1.82) is 0 Å². The topological polar surface area (TPSA) is 74.3 Å². The summed E-state index contributed by atoms with van der Waals surface area (Å²) < 4.78 is 13.4. The van der Waals surface area contributed by atoms with E-state index in [9.17, 15) is 0 Å². The Hall–Kier alpha value is -2.88. The maximum atomic E-state index is 5.74. The van der Waals surface area contributed by atoms with Crippen LogP contribution >= 0.6 is 0 Å². The lowest BCUT2D eigenvalue weighted by molar-refractivity contribution is 0.0334. The highest BCUT2D eigenvalue weighted by atomic mass is 16.5. The first-order valence-electron chi connectivity index (χ1n) is 10.5. The first kappa shape index (κ1) is 17.9. The van der Waals surface area contributed by atoms with Crippen LogP contribution in [0.1, 0.15) is 11.9 Å². The van der Waals surface area contributed by atoms with E-state index in [0.29, 0.717) is 6.67 Å². The molecule has 156 valence electrons. The summed E-state index contributed by atoms with van der Waals surface area (Å²) in [5.41, 5.74) is 2.04. The van der Waals surface area contributed by atoms with Crippen LogP contribution in [0.3, 0.4) is 0 Å². The number of nitrogens with one attached hydrogen (secondary N) is 1. The van der Waals surface area contributed by atoms with Crippen molar-refractivity contribution in [2.75, 3.05) is 57.6 Å². The summed E-state index contributed by atoms with van der Waals surface area (Å²) in [6.07, 6.45) is 1.54. The molecule has 1 fully saturated rings. The Bertz CT molecular complexity index is 1050. The number of hydrogen-bond acceptors (Lipinski definition) is 8. The van der Waals surface area contributed by atoms with Crippen LogP contribution in [0, 0.1) is 0 Å². The first-order valence-corrected chi connectivity index (χ1v) is 10.5. The third-order valence-electron chi connectivity index (χ3n) is 6.01. The molecule has 2 aromatic heterocycles. The summed E-state index contributed by atoms with van der Waals surface area (Å²) in [6, 6.07) is 12.1. The molecule has 0 aliphatic carbocycles. The number of anilines is 1. The largest absolute Gasteiger partial charge is 0.465 e. The number of para-hydroxylation sites is 2. The summed E-state index contributed by atoms with van der Waals surface area (Å²) in [6.45, 7) is 7.10. The fraction of sp³-hybridized carbons (Fsp3) is 0.429. The number of aromatic nitrogens is 2. The van der Waals surface area contributed by atoms with E-state index in [2.05, 4.69) is 36.7 Å². The van der Waals surface area contributed by atoms with Crippen molar-refractivity contribution >= 4 is 22.9 Å². The van der Waals surface area contributed by atoms with E-state index in [4.69, 9.17) is 19.1 Å². The maximum absolute atomic E-state index is 5.74. The lowest BCUT2D eigenvalue weighted by Gasteiger charge is -2.41. The molecule has 1 N–H and O–H groups in total. The molecule has 1 aromatic carbocycles. The van der Waals surface area contributed by atoms with E-state index in [1.54, 1.807) is 6.26 Å². The van der Waals surface area contributed by atoms with Crippen molar-refractivity contribution in [3.05, 3.63) is 48.4 Å². The second-order valence-corrected chi connectivity index (χ2v) is 7.87. The first-order chi connectivity index (χ1) is 14.9. The number of ether oxygens (including phenoxy) is 1. The molecule has 0 unspecified atom stereocenters. The monoisotopic (exact) mass is 407 g/mol. The summed E-state index contributed by atoms with van der Waals surface area (Å²) in [4.78, 5) is 16.8. The number of aliphatic imine (C=N–C) groups is 1. The van der Waals surface area contributed by atoms with Crippen molar-refractivity contribution in [2.45, 2.75) is 6.17 Å². The van der Waals surface area contributed by atoms with Gasteiger partial charge in [0.1, 0.15) is 5.76 Å². The SMILES string of the molecule is c1coc([C@H]2NC3=NCN(CCN4CCOCC4)CN3c3nc4ccccc4n32)c1. The van der Waals surface area contributed by atoms with Gasteiger partial charge in [0.15, 0.2) is 6.17 Å². The van der Waals surface area contributed by atoms with Gasteiger partial charge in [0.2, 0.25) is 11.9 Å². The fourth-order valence-electron chi connectivity index (χ4n) is 4.40. The Morgan fingerprint density at radius 1 is 1.03 bits per heavy atom. The second kappa shape index (κ2) is 7.42. The van der Waals surface area contributed by atoms with E-state index >= 15 is 0 Å². The van der Waals surface area contributed by atoms with Gasteiger partial charge in [0.25, 0.3) is 0 Å². The molecule has 0 spiro atoms. The fourth-order valence-corrected chi connectivity index (χ4v) is 4.40. The standard InChI is InChI=1S/C21H25N7O2/c1-2-5-17-16(4-1)23-21-27-15-26(8-7-25-9-12-29-13-10-25)14-22-20(27)24-19(28(17)21)18-6-3-11-30-18/h1-6,11,19H,7-10,12-15H2,(H,22,24)/t19-/m0/s1. The van der Waals surface area contributed by atoms with E-state index in [1.165, 1.54) is 0 Å². The highest BCUT2D eigenvalue weighted by Gasteiger charge is 2.36. The Morgan fingerprint density at radius 3 is 2.77 bits per heavy atom. The molecular formula is C21H25N7O2. The Morgan fingerprint density at radius 2 is 1.90 bits per heavy atom. The third kappa shape index (κ3) is 3.06. The number of morpholine rings is 1. The minimum Gasteiger partial charge on any atom is -0.465 e. The predicted octanol–water partition coefficient (Wildman–Crippen LogP) is 1.50. The minimum atomic E-state index is -0.169. The van der Waals surface area contributed by atoms with Gasteiger partial charge in [-0.25, -0.2) is 9.98 Å². The van der Waals surface area contributed by atoms with Gasteiger partial charge in [-0.2, -0.15) is 0 Å². The molecule has 30 heavy (non-hydrogen) atoms. The molecule has 0 amide bonds. The predicted molar refractivity (Wildman–Crippen MR) is 113 cm³/mol. The van der Waals surface area contributed by atoms with Crippen LogP contribution in [0.25, 0.3) is 11.0 Å². The number of furan rings is 1. The highest BCUT2D eigenvalue weighted by Crippen LogP contribution is 2.33. The van der Waals surface area contributed by atoms with E-state index in [0.717, 1.165) is 74.8 Å². The number of imidazole rings is 1. The Kier molecular flexibility index (Phi) is 4.44. The van der Waals surface area contributed by atoms with Gasteiger partial charge in [0.05, 0.1) is 43.8 Å². The van der Waals surface area contributed by atoms with Crippen LogP contribution in [0.2, 0.25) is 0 Å². The van der Waals surface area contributed by atoms with E-state index in [1.807, 2.05) is 24.3 Å². The van der Waals surface area contributed by atoms with Crippen LogP contribution < -0.4 is 10.2 Å². The van der Waals surface area contributed by atoms with Gasteiger partial charge in [-0.3, -0.25) is 19.3 Å². The van der Waals surface area contributed by atoms with Gasteiger partial charge < -0.3 is 14.5 Å². The third-order valence-corrected chi connectivity index (χ3v) is 6.01. The molecular weight excluding hydrogens is 382 g/mol. The van der Waals surface area contributed by atoms with Crippen LogP contribution in [0.5, 0.6) is 0 Å². The molecule has 5 heterocycles. The second-order valence-electron chi connectivity index (χ2n) is 7.87. The van der Waals surface area contributed by atoms with Crippen LogP contribution in [0.4, 0.5) is 5.95 Å². The van der Waals surface area contributed by atoms with Gasteiger partial charge in [0, 0.05) is 26.2 Å². The minimum absolute atomic E-state index is 0.169. The molecule has 3 aromatic rings. The lowest BCUT2D eigenvalue weighted by Crippen LogP contribution is -2.58. The molecule has 1 saturated heterocycles. The highest BCUT2D eigenvalue weighted by molar-refractivity contribution is 5.98. The molecule has 1 atom stereocenters. The van der Waals surface area contributed by atoms with Crippen LogP contribution in [-0.4, -0.2) is 78.0 Å². The molecule has 6 rings (SSSR count). The average Bonchev–Trinajstić information content (AvgIpc) is 3.46. The summed E-state index contributed by atoms with van der Waals surface area (Å²) >= 11 is 0. The van der Waals surface area contributed by atoms with Gasteiger partial charge in [-0.05, 0) is 24.3 Å². The number of rotatable bonds is 4. The maximum Gasteiger partial charge on any atom is 0.216 e. The number of guanidine groups is 1. The van der Waals surface area contributed by atoms with Crippen molar-refractivity contribution in [2.24, 2.45) is 4.99 Å². The van der Waals surface area contributed by atoms with Crippen molar-refractivity contribution < 1.29 is 9.15 Å². The zero-order valence-corrected chi connectivity index (χ0v) is 16.8. The average molecular weight is 407 g/mol. The molecule has 0 saturated carbocycles. The number of benzene rings is 1.